The molecular formula is C16H16BrNO2. The van der Waals surface area contributed by atoms with Crippen molar-refractivity contribution in [1.82, 2.24) is 4.98 Å². The van der Waals surface area contributed by atoms with Crippen LogP contribution in [0.25, 0.3) is 10.9 Å². The van der Waals surface area contributed by atoms with Crippen molar-refractivity contribution in [2.75, 3.05) is 0 Å². The highest BCUT2D eigenvalue weighted by atomic mass is 79.9. The van der Waals surface area contributed by atoms with E-state index in [1.165, 1.54) is 0 Å². The average Bonchev–Trinajstić information content (AvgIpc) is 2.41. The maximum Gasteiger partial charge on any atom is 0.336 e. The predicted molar refractivity (Wildman–Crippen MR) is 82.3 cm³/mol. The third-order valence-corrected chi connectivity index (χ3v) is 5.09. The van der Waals surface area contributed by atoms with E-state index in [1.807, 2.05) is 18.2 Å². The molecule has 0 bridgehead atoms. The lowest BCUT2D eigenvalue weighted by Gasteiger charge is -2.29. The van der Waals surface area contributed by atoms with Crippen LogP contribution < -0.4 is 0 Å². The van der Waals surface area contributed by atoms with Crippen LogP contribution in [0.3, 0.4) is 0 Å². The van der Waals surface area contributed by atoms with Crippen LogP contribution in [0, 0.1) is 5.92 Å². The Hall–Kier alpha value is -1.42. The highest BCUT2D eigenvalue weighted by Gasteiger charge is 2.30. The van der Waals surface area contributed by atoms with Crippen LogP contribution in [0.15, 0.2) is 22.7 Å². The molecule has 4 heteroatoms. The Morgan fingerprint density at radius 2 is 2.15 bits per heavy atom. The topological polar surface area (TPSA) is 50.2 Å². The second kappa shape index (κ2) is 4.85. The molecule has 104 valence electrons. The van der Waals surface area contributed by atoms with Crippen LogP contribution in [0.1, 0.15) is 47.8 Å². The highest BCUT2D eigenvalue weighted by Crippen LogP contribution is 2.39. The van der Waals surface area contributed by atoms with Gasteiger partial charge in [0.25, 0.3) is 0 Å². The summed E-state index contributed by atoms with van der Waals surface area (Å²) in [5.74, 6) is -0.0153. The monoisotopic (exact) mass is 333 g/mol. The van der Waals surface area contributed by atoms with Crippen molar-refractivity contribution >= 4 is 32.8 Å². The van der Waals surface area contributed by atoms with Crippen LogP contribution in [0.4, 0.5) is 0 Å². The van der Waals surface area contributed by atoms with Crippen molar-refractivity contribution < 1.29 is 9.90 Å². The molecule has 1 heterocycles. The molecule has 20 heavy (non-hydrogen) atoms. The maximum atomic E-state index is 11.7. The Labute approximate surface area is 126 Å². The summed E-state index contributed by atoms with van der Waals surface area (Å²) in [6.45, 7) is 4.35. The number of aromatic carboxylic acids is 1. The summed E-state index contributed by atoms with van der Waals surface area (Å²) in [7, 11) is 0. The number of aromatic nitrogens is 1. The molecule has 1 aliphatic carbocycles. The molecule has 3 nitrogen and oxygen atoms in total. The van der Waals surface area contributed by atoms with Crippen molar-refractivity contribution in [2.24, 2.45) is 5.92 Å². The van der Waals surface area contributed by atoms with Gasteiger partial charge in [-0.05, 0) is 46.3 Å². The van der Waals surface area contributed by atoms with Crippen molar-refractivity contribution in [1.29, 1.82) is 0 Å². The average molecular weight is 334 g/mol. The standard InChI is InChI=1S/C16H16BrNO2/c1-8-6-7-11-13(16(19)20)10-4-3-5-12(17)15(10)18-14(11)9(8)2/h3-5,8-9H,6-7H2,1-2H3,(H,19,20). The summed E-state index contributed by atoms with van der Waals surface area (Å²) in [5, 5.41) is 10.4. The number of halogens is 1. The molecule has 0 radical (unpaired) electrons. The fraction of sp³-hybridized carbons (Fsp3) is 0.375. The summed E-state index contributed by atoms with van der Waals surface area (Å²) < 4.78 is 0.853. The Morgan fingerprint density at radius 1 is 1.40 bits per heavy atom. The van der Waals surface area contributed by atoms with E-state index < -0.39 is 5.97 Å². The third kappa shape index (κ3) is 1.94. The van der Waals surface area contributed by atoms with Gasteiger partial charge >= 0.3 is 5.97 Å². The van der Waals surface area contributed by atoms with Gasteiger partial charge in [0.15, 0.2) is 0 Å². The van der Waals surface area contributed by atoms with Gasteiger partial charge < -0.3 is 5.11 Å². The summed E-state index contributed by atoms with van der Waals surface area (Å²) in [5.41, 5.74) is 3.07. The number of carboxylic acid groups (broad SMARTS) is 1. The number of benzene rings is 1. The molecule has 1 aromatic heterocycles. The molecule has 0 aliphatic heterocycles. The van der Waals surface area contributed by atoms with Gasteiger partial charge in [-0.3, -0.25) is 4.98 Å². The molecular weight excluding hydrogens is 318 g/mol. The Balaban J connectivity index is 2.42. The van der Waals surface area contributed by atoms with Crippen LogP contribution >= 0.6 is 15.9 Å². The van der Waals surface area contributed by atoms with Gasteiger partial charge in [0.05, 0.1) is 11.1 Å². The molecule has 1 aromatic carbocycles. The smallest absolute Gasteiger partial charge is 0.336 e. The summed E-state index contributed by atoms with van der Waals surface area (Å²) in [6.07, 6.45) is 1.83. The van der Waals surface area contributed by atoms with Crippen LogP contribution in [-0.2, 0) is 6.42 Å². The number of carboxylic acids is 1. The zero-order valence-corrected chi connectivity index (χ0v) is 13.1. The van der Waals surface area contributed by atoms with E-state index >= 15 is 0 Å². The molecule has 0 amide bonds. The molecule has 0 saturated carbocycles. The van der Waals surface area contributed by atoms with Gasteiger partial charge in [0.1, 0.15) is 0 Å². The Morgan fingerprint density at radius 3 is 2.85 bits per heavy atom. The summed E-state index contributed by atoms with van der Waals surface area (Å²) in [4.78, 5) is 16.5. The zero-order chi connectivity index (χ0) is 14.4. The van der Waals surface area contributed by atoms with Crippen LogP contribution in [0.5, 0.6) is 0 Å². The van der Waals surface area contributed by atoms with E-state index in [-0.39, 0.29) is 0 Å². The molecule has 2 atom stereocenters. The van der Waals surface area contributed by atoms with E-state index in [9.17, 15) is 9.90 Å². The second-order valence-corrected chi connectivity index (χ2v) is 6.45. The lowest BCUT2D eigenvalue weighted by Crippen LogP contribution is -2.21. The fourth-order valence-corrected chi connectivity index (χ4v) is 3.53. The molecule has 0 spiro atoms. The summed E-state index contributed by atoms with van der Waals surface area (Å²) in [6, 6.07) is 5.62. The zero-order valence-electron chi connectivity index (χ0n) is 11.5. The van der Waals surface area contributed by atoms with Gasteiger partial charge in [0, 0.05) is 21.5 Å². The minimum Gasteiger partial charge on any atom is -0.478 e. The van der Waals surface area contributed by atoms with Crippen molar-refractivity contribution in [3.05, 3.63) is 39.5 Å². The van der Waals surface area contributed by atoms with Gasteiger partial charge in [-0.2, -0.15) is 0 Å². The Bertz CT molecular complexity index is 711. The van der Waals surface area contributed by atoms with Gasteiger partial charge in [0.2, 0.25) is 0 Å². The lowest BCUT2D eigenvalue weighted by atomic mass is 9.78. The minimum absolute atomic E-state index is 0.299. The second-order valence-electron chi connectivity index (χ2n) is 5.60. The van der Waals surface area contributed by atoms with Crippen LogP contribution in [-0.4, -0.2) is 16.1 Å². The molecule has 0 saturated heterocycles. The number of fused-ring (bicyclic) bond motifs is 2. The predicted octanol–water partition coefficient (Wildman–Crippen LogP) is 4.38. The number of carbonyl (C=O) groups is 1. The number of hydrogen-bond donors (Lipinski definition) is 1. The van der Waals surface area contributed by atoms with E-state index in [4.69, 9.17) is 4.98 Å². The highest BCUT2D eigenvalue weighted by molar-refractivity contribution is 9.10. The van der Waals surface area contributed by atoms with E-state index in [1.54, 1.807) is 0 Å². The number of para-hydroxylation sites is 1. The number of rotatable bonds is 1. The van der Waals surface area contributed by atoms with Gasteiger partial charge in [-0.1, -0.05) is 26.0 Å². The quantitative estimate of drug-likeness (QED) is 0.842. The van der Waals surface area contributed by atoms with E-state index in [0.29, 0.717) is 17.4 Å². The number of hydrogen-bond acceptors (Lipinski definition) is 2. The third-order valence-electron chi connectivity index (χ3n) is 4.45. The maximum absolute atomic E-state index is 11.7. The van der Waals surface area contributed by atoms with Crippen molar-refractivity contribution in [3.63, 3.8) is 0 Å². The first-order valence-electron chi connectivity index (χ1n) is 6.85. The first-order valence-corrected chi connectivity index (χ1v) is 7.64. The van der Waals surface area contributed by atoms with Crippen molar-refractivity contribution in [2.45, 2.75) is 32.6 Å². The van der Waals surface area contributed by atoms with Crippen LogP contribution in [0.2, 0.25) is 0 Å². The molecule has 2 unspecified atom stereocenters. The molecule has 1 N–H and O–H groups in total. The normalized spacial score (nSPS) is 21.8. The van der Waals surface area contributed by atoms with Gasteiger partial charge in [-0.25, -0.2) is 4.79 Å². The first kappa shape index (κ1) is 13.6. The Kier molecular flexibility index (Phi) is 3.28. The summed E-state index contributed by atoms with van der Waals surface area (Å²) >= 11 is 3.49. The lowest BCUT2D eigenvalue weighted by molar-refractivity contribution is 0.0697. The van der Waals surface area contributed by atoms with Gasteiger partial charge in [-0.15, -0.1) is 0 Å². The number of nitrogens with zero attached hydrogens (tertiary/aromatic N) is 1. The largest absolute Gasteiger partial charge is 0.478 e. The molecule has 2 aromatic rings. The SMILES string of the molecule is CC1CCc2c(nc3c(Br)cccc3c2C(=O)O)C1C. The minimum atomic E-state index is -0.853. The molecule has 3 rings (SSSR count). The van der Waals surface area contributed by atoms with E-state index in [0.717, 1.165) is 39.5 Å². The first-order chi connectivity index (χ1) is 9.50. The fourth-order valence-electron chi connectivity index (χ4n) is 3.07. The molecule has 0 fully saturated rings. The van der Waals surface area contributed by atoms with Crippen molar-refractivity contribution in [3.8, 4) is 0 Å². The number of pyridine rings is 1. The molecule has 1 aliphatic rings. The van der Waals surface area contributed by atoms with E-state index in [2.05, 4.69) is 29.8 Å².